The van der Waals surface area contributed by atoms with E-state index in [0.29, 0.717) is 10.7 Å². The SMILES string of the molecule is Cc1cccc(/N=C2/S/C(=C/c3ccc[nH]3)C(=O)N2C2CCCCC2)n1. The Balaban J connectivity index is 1.70. The van der Waals surface area contributed by atoms with Gasteiger partial charge in [0.1, 0.15) is 0 Å². The number of aliphatic imine (C=N–C) groups is 1. The van der Waals surface area contributed by atoms with Gasteiger partial charge in [-0.15, -0.1) is 0 Å². The first-order chi connectivity index (χ1) is 12.7. The Bertz CT molecular complexity index is 850. The summed E-state index contributed by atoms with van der Waals surface area (Å²) in [5.41, 5.74) is 1.85. The number of carbonyl (C=O) groups excluding carboxylic acids is 1. The lowest BCUT2D eigenvalue weighted by Crippen LogP contribution is -2.40. The molecular weight excluding hydrogens is 344 g/mol. The fourth-order valence-electron chi connectivity index (χ4n) is 3.49. The molecule has 1 aliphatic heterocycles. The van der Waals surface area contributed by atoms with Crippen LogP contribution >= 0.6 is 11.8 Å². The van der Waals surface area contributed by atoms with Crippen molar-refractivity contribution in [2.75, 3.05) is 0 Å². The van der Waals surface area contributed by atoms with E-state index in [1.807, 2.05) is 54.4 Å². The number of hydrogen-bond donors (Lipinski definition) is 1. The van der Waals surface area contributed by atoms with Crippen molar-refractivity contribution >= 4 is 34.7 Å². The molecule has 3 heterocycles. The molecule has 2 aromatic heterocycles. The summed E-state index contributed by atoms with van der Waals surface area (Å²) in [4.78, 5) is 28.1. The first-order valence-electron chi connectivity index (χ1n) is 9.09. The Morgan fingerprint density at radius 2 is 2.08 bits per heavy atom. The molecule has 1 amide bonds. The van der Waals surface area contributed by atoms with Gasteiger partial charge in [0.05, 0.1) is 4.91 Å². The van der Waals surface area contributed by atoms with Crippen molar-refractivity contribution in [1.29, 1.82) is 0 Å². The summed E-state index contributed by atoms with van der Waals surface area (Å²) in [5, 5.41) is 0.748. The first-order valence-corrected chi connectivity index (χ1v) is 9.91. The zero-order chi connectivity index (χ0) is 17.9. The molecule has 4 rings (SSSR count). The Kier molecular flexibility index (Phi) is 4.93. The second-order valence-corrected chi connectivity index (χ2v) is 7.74. The van der Waals surface area contributed by atoms with Crippen LogP contribution in [0.4, 0.5) is 5.82 Å². The number of pyridine rings is 1. The van der Waals surface area contributed by atoms with Gasteiger partial charge in [-0.05, 0) is 61.9 Å². The van der Waals surface area contributed by atoms with Gasteiger partial charge >= 0.3 is 0 Å². The van der Waals surface area contributed by atoms with E-state index >= 15 is 0 Å². The number of rotatable bonds is 3. The zero-order valence-corrected chi connectivity index (χ0v) is 15.6. The molecule has 0 radical (unpaired) electrons. The number of nitrogens with one attached hydrogen (secondary N) is 1. The summed E-state index contributed by atoms with van der Waals surface area (Å²) in [7, 11) is 0. The van der Waals surface area contributed by atoms with Crippen LogP contribution in [0.25, 0.3) is 6.08 Å². The molecule has 1 N–H and O–H groups in total. The van der Waals surface area contributed by atoms with Crippen LogP contribution in [-0.2, 0) is 4.79 Å². The van der Waals surface area contributed by atoms with Crippen LogP contribution < -0.4 is 0 Å². The summed E-state index contributed by atoms with van der Waals surface area (Å²) in [6, 6.07) is 9.92. The minimum absolute atomic E-state index is 0.0582. The van der Waals surface area contributed by atoms with E-state index in [4.69, 9.17) is 4.99 Å². The van der Waals surface area contributed by atoms with Crippen LogP contribution in [-0.4, -0.2) is 32.0 Å². The Labute approximate surface area is 157 Å². The summed E-state index contributed by atoms with van der Waals surface area (Å²) in [6.45, 7) is 1.95. The van der Waals surface area contributed by atoms with E-state index in [0.717, 1.165) is 29.4 Å². The molecule has 1 saturated carbocycles. The van der Waals surface area contributed by atoms with Gasteiger partial charge in [0.25, 0.3) is 5.91 Å². The molecule has 26 heavy (non-hydrogen) atoms. The molecular formula is C20H22N4OS. The predicted molar refractivity (Wildman–Crippen MR) is 106 cm³/mol. The quantitative estimate of drug-likeness (QED) is 0.804. The van der Waals surface area contributed by atoms with E-state index in [1.54, 1.807) is 0 Å². The van der Waals surface area contributed by atoms with Gasteiger partial charge in [0, 0.05) is 23.6 Å². The van der Waals surface area contributed by atoms with Crippen LogP contribution in [0.5, 0.6) is 0 Å². The number of nitrogens with zero attached hydrogens (tertiary/aromatic N) is 3. The van der Waals surface area contributed by atoms with Crippen LogP contribution in [0.3, 0.4) is 0 Å². The van der Waals surface area contributed by atoms with Crippen LogP contribution in [0, 0.1) is 6.92 Å². The van der Waals surface area contributed by atoms with Gasteiger partial charge in [-0.3, -0.25) is 9.69 Å². The van der Waals surface area contributed by atoms with Gasteiger partial charge in [-0.2, -0.15) is 0 Å². The molecule has 1 saturated heterocycles. The van der Waals surface area contributed by atoms with E-state index in [9.17, 15) is 4.79 Å². The number of carbonyl (C=O) groups is 1. The lowest BCUT2D eigenvalue weighted by Gasteiger charge is -2.30. The number of hydrogen-bond acceptors (Lipinski definition) is 4. The highest BCUT2D eigenvalue weighted by Gasteiger charge is 2.38. The molecule has 6 heteroatoms. The fourth-order valence-corrected chi connectivity index (χ4v) is 4.53. The minimum Gasteiger partial charge on any atom is -0.362 e. The lowest BCUT2D eigenvalue weighted by molar-refractivity contribution is -0.124. The van der Waals surface area contributed by atoms with Crippen LogP contribution in [0.1, 0.15) is 43.5 Å². The van der Waals surface area contributed by atoms with Gasteiger partial charge in [0.2, 0.25) is 0 Å². The third-order valence-electron chi connectivity index (χ3n) is 4.77. The zero-order valence-electron chi connectivity index (χ0n) is 14.8. The Morgan fingerprint density at radius 1 is 1.23 bits per heavy atom. The third kappa shape index (κ3) is 3.60. The summed E-state index contributed by atoms with van der Waals surface area (Å²) >= 11 is 1.45. The summed E-state index contributed by atoms with van der Waals surface area (Å²) < 4.78 is 0. The highest BCUT2D eigenvalue weighted by Crippen LogP contribution is 2.38. The molecule has 0 atom stereocenters. The largest absolute Gasteiger partial charge is 0.362 e. The molecule has 0 spiro atoms. The van der Waals surface area contributed by atoms with E-state index in [1.165, 1.54) is 31.0 Å². The van der Waals surface area contributed by atoms with E-state index in [-0.39, 0.29) is 11.9 Å². The van der Waals surface area contributed by atoms with Crippen LogP contribution in [0.2, 0.25) is 0 Å². The van der Waals surface area contributed by atoms with Crippen molar-refractivity contribution in [3.8, 4) is 0 Å². The van der Waals surface area contributed by atoms with Gasteiger partial charge < -0.3 is 4.98 Å². The average molecular weight is 366 g/mol. The second-order valence-electron chi connectivity index (χ2n) is 6.73. The van der Waals surface area contributed by atoms with Crippen molar-refractivity contribution in [1.82, 2.24) is 14.9 Å². The van der Waals surface area contributed by atoms with Crippen molar-refractivity contribution in [2.45, 2.75) is 45.1 Å². The maximum absolute atomic E-state index is 13.1. The predicted octanol–water partition coefficient (Wildman–Crippen LogP) is 4.65. The monoisotopic (exact) mass is 366 g/mol. The summed E-state index contributed by atoms with van der Waals surface area (Å²) in [5.74, 6) is 0.713. The second kappa shape index (κ2) is 7.50. The molecule has 0 bridgehead atoms. The molecule has 1 aliphatic carbocycles. The normalized spacial score (nSPS) is 21.9. The third-order valence-corrected chi connectivity index (χ3v) is 5.75. The van der Waals surface area contributed by atoms with Crippen molar-refractivity contribution in [3.63, 3.8) is 0 Å². The van der Waals surface area contributed by atoms with Gasteiger partial charge in [-0.1, -0.05) is 25.3 Å². The topological polar surface area (TPSA) is 61.4 Å². The average Bonchev–Trinajstić information content (AvgIpc) is 3.25. The lowest BCUT2D eigenvalue weighted by atomic mass is 9.94. The number of thioether (sulfide) groups is 1. The molecule has 0 unspecified atom stereocenters. The summed E-state index contributed by atoms with van der Waals surface area (Å²) in [6.07, 6.45) is 9.46. The maximum atomic E-state index is 13.1. The molecule has 134 valence electrons. The molecule has 0 aromatic carbocycles. The highest BCUT2D eigenvalue weighted by atomic mass is 32.2. The molecule has 2 fully saturated rings. The van der Waals surface area contributed by atoms with E-state index < -0.39 is 0 Å². The molecule has 5 nitrogen and oxygen atoms in total. The minimum atomic E-state index is 0.0582. The van der Waals surface area contributed by atoms with E-state index in [2.05, 4.69) is 9.97 Å². The van der Waals surface area contributed by atoms with Crippen LogP contribution in [0.15, 0.2) is 46.4 Å². The number of H-pyrrole nitrogens is 1. The maximum Gasteiger partial charge on any atom is 0.267 e. The van der Waals surface area contributed by atoms with Crippen molar-refractivity contribution in [3.05, 3.63) is 52.8 Å². The highest BCUT2D eigenvalue weighted by molar-refractivity contribution is 8.18. The number of aromatic amines is 1. The fraction of sp³-hybridized carbons (Fsp3) is 0.350. The number of amides is 1. The molecule has 2 aromatic rings. The van der Waals surface area contributed by atoms with Crippen molar-refractivity contribution in [2.24, 2.45) is 4.99 Å². The number of aromatic nitrogens is 2. The number of amidine groups is 1. The Hall–Kier alpha value is -2.34. The molecule has 2 aliphatic rings. The first kappa shape index (κ1) is 17.1. The number of aryl methyl sites for hydroxylation is 1. The van der Waals surface area contributed by atoms with Crippen molar-refractivity contribution < 1.29 is 4.79 Å². The smallest absolute Gasteiger partial charge is 0.267 e. The van der Waals surface area contributed by atoms with Gasteiger partial charge in [0.15, 0.2) is 11.0 Å². The standard InChI is InChI=1S/C20H22N4OS/c1-14-7-5-11-18(22-14)23-20-24(16-9-3-2-4-10-16)19(25)17(26-20)13-15-8-6-12-21-15/h5-8,11-13,16,21H,2-4,9-10H2,1H3/b17-13+,23-20+. The van der Waals surface area contributed by atoms with Gasteiger partial charge in [-0.25, -0.2) is 9.98 Å². The Morgan fingerprint density at radius 3 is 2.81 bits per heavy atom.